The Morgan fingerprint density at radius 1 is 1.26 bits per heavy atom. The number of rotatable bonds is 4. The maximum Gasteiger partial charge on any atom is 0.131 e. The van der Waals surface area contributed by atoms with Gasteiger partial charge >= 0.3 is 0 Å². The molecule has 0 spiro atoms. The van der Waals surface area contributed by atoms with Crippen molar-refractivity contribution in [2.24, 2.45) is 5.73 Å². The SMILES string of the molecule is CCC(N)Cc1cnc(N2CCCCCC2)c(C)c1. The summed E-state index contributed by atoms with van der Waals surface area (Å²) < 4.78 is 0. The Bertz CT molecular complexity index is 395. The van der Waals surface area contributed by atoms with Gasteiger partial charge in [-0.2, -0.15) is 0 Å². The summed E-state index contributed by atoms with van der Waals surface area (Å²) in [6.45, 7) is 6.62. The van der Waals surface area contributed by atoms with Crippen LogP contribution in [-0.2, 0) is 6.42 Å². The smallest absolute Gasteiger partial charge is 0.131 e. The number of nitrogens with two attached hydrogens (primary N) is 1. The molecule has 1 aliphatic heterocycles. The van der Waals surface area contributed by atoms with Crippen molar-refractivity contribution in [3.63, 3.8) is 0 Å². The van der Waals surface area contributed by atoms with Gasteiger partial charge in [0.1, 0.15) is 5.82 Å². The van der Waals surface area contributed by atoms with Gasteiger partial charge < -0.3 is 10.6 Å². The normalized spacial score (nSPS) is 18.2. The molecule has 0 aromatic carbocycles. The third-order valence-electron chi connectivity index (χ3n) is 4.04. The molecule has 0 bridgehead atoms. The van der Waals surface area contributed by atoms with E-state index < -0.39 is 0 Å². The van der Waals surface area contributed by atoms with E-state index in [1.165, 1.54) is 42.6 Å². The van der Waals surface area contributed by atoms with Crippen LogP contribution in [0.5, 0.6) is 0 Å². The van der Waals surface area contributed by atoms with Gasteiger partial charge in [0.25, 0.3) is 0 Å². The van der Waals surface area contributed by atoms with E-state index in [1.807, 2.05) is 6.20 Å². The van der Waals surface area contributed by atoms with E-state index in [9.17, 15) is 0 Å². The third-order valence-corrected chi connectivity index (χ3v) is 4.04. The summed E-state index contributed by atoms with van der Waals surface area (Å²) >= 11 is 0. The van der Waals surface area contributed by atoms with Gasteiger partial charge in [-0.1, -0.05) is 25.8 Å². The fourth-order valence-corrected chi connectivity index (χ4v) is 2.80. The summed E-state index contributed by atoms with van der Waals surface area (Å²) in [6.07, 6.45) is 9.28. The Morgan fingerprint density at radius 2 is 1.95 bits per heavy atom. The van der Waals surface area contributed by atoms with Gasteiger partial charge in [0.05, 0.1) is 0 Å². The molecule has 1 atom stereocenters. The molecule has 0 saturated carbocycles. The van der Waals surface area contributed by atoms with Crippen LogP contribution in [0, 0.1) is 6.92 Å². The van der Waals surface area contributed by atoms with Crippen LogP contribution in [0.2, 0.25) is 0 Å². The molecule has 1 saturated heterocycles. The van der Waals surface area contributed by atoms with Gasteiger partial charge in [0.15, 0.2) is 0 Å². The molecule has 0 radical (unpaired) electrons. The molecule has 0 aliphatic carbocycles. The van der Waals surface area contributed by atoms with Crippen molar-refractivity contribution in [2.45, 2.75) is 58.4 Å². The van der Waals surface area contributed by atoms with Gasteiger partial charge in [0, 0.05) is 25.3 Å². The van der Waals surface area contributed by atoms with Gasteiger partial charge in [-0.25, -0.2) is 4.98 Å². The summed E-state index contributed by atoms with van der Waals surface area (Å²) in [4.78, 5) is 7.15. The average molecular weight is 261 g/mol. The minimum absolute atomic E-state index is 0.255. The minimum atomic E-state index is 0.255. The van der Waals surface area contributed by atoms with Gasteiger partial charge in [-0.3, -0.25) is 0 Å². The van der Waals surface area contributed by atoms with Crippen molar-refractivity contribution in [3.05, 3.63) is 23.4 Å². The molecule has 1 aromatic rings. The Balaban J connectivity index is 2.09. The summed E-state index contributed by atoms with van der Waals surface area (Å²) in [5.41, 5.74) is 8.58. The molecule has 3 nitrogen and oxygen atoms in total. The molecule has 1 aromatic heterocycles. The van der Waals surface area contributed by atoms with E-state index in [2.05, 4.69) is 24.8 Å². The number of anilines is 1. The van der Waals surface area contributed by atoms with Gasteiger partial charge in [-0.15, -0.1) is 0 Å². The molecule has 2 rings (SSSR count). The molecule has 106 valence electrons. The van der Waals surface area contributed by atoms with E-state index in [1.54, 1.807) is 0 Å². The molecule has 1 unspecified atom stereocenters. The molecule has 1 fully saturated rings. The fourth-order valence-electron chi connectivity index (χ4n) is 2.80. The molecule has 2 N–H and O–H groups in total. The Labute approximate surface area is 117 Å². The van der Waals surface area contributed by atoms with E-state index in [0.29, 0.717) is 0 Å². The largest absolute Gasteiger partial charge is 0.356 e. The highest BCUT2D eigenvalue weighted by molar-refractivity contribution is 5.47. The van der Waals surface area contributed by atoms with Crippen LogP contribution in [0.15, 0.2) is 12.3 Å². The maximum atomic E-state index is 6.02. The molecule has 0 amide bonds. The molecule has 2 heterocycles. The van der Waals surface area contributed by atoms with E-state index >= 15 is 0 Å². The lowest BCUT2D eigenvalue weighted by molar-refractivity contribution is 0.644. The summed E-state index contributed by atoms with van der Waals surface area (Å²) in [7, 11) is 0. The van der Waals surface area contributed by atoms with Crippen molar-refractivity contribution in [3.8, 4) is 0 Å². The van der Waals surface area contributed by atoms with Gasteiger partial charge in [-0.05, 0) is 43.7 Å². The first-order valence-electron chi connectivity index (χ1n) is 7.66. The first kappa shape index (κ1) is 14.3. The van der Waals surface area contributed by atoms with Crippen LogP contribution < -0.4 is 10.6 Å². The number of aromatic nitrogens is 1. The van der Waals surface area contributed by atoms with Crippen molar-refractivity contribution >= 4 is 5.82 Å². The Kier molecular flexibility index (Phi) is 5.20. The predicted molar refractivity (Wildman–Crippen MR) is 81.6 cm³/mol. The highest BCUT2D eigenvalue weighted by Crippen LogP contribution is 2.22. The fraction of sp³-hybridized carbons (Fsp3) is 0.688. The standard InChI is InChI=1S/C16H27N3/c1-3-15(17)11-14-10-13(2)16(18-12-14)19-8-6-4-5-7-9-19/h10,12,15H,3-9,11,17H2,1-2H3. The van der Waals surface area contributed by atoms with E-state index in [4.69, 9.17) is 10.7 Å². The molecular formula is C16H27N3. The molecule has 1 aliphatic rings. The summed E-state index contributed by atoms with van der Waals surface area (Å²) in [5.74, 6) is 1.18. The van der Waals surface area contributed by atoms with E-state index in [-0.39, 0.29) is 6.04 Å². The highest BCUT2D eigenvalue weighted by atomic mass is 15.2. The second kappa shape index (κ2) is 6.90. The third kappa shape index (κ3) is 3.93. The summed E-state index contributed by atoms with van der Waals surface area (Å²) in [6, 6.07) is 2.52. The van der Waals surface area contributed by atoms with Crippen molar-refractivity contribution < 1.29 is 0 Å². The lowest BCUT2D eigenvalue weighted by atomic mass is 10.0. The Morgan fingerprint density at radius 3 is 2.53 bits per heavy atom. The second-order valence-electron chi connectivity index (χ2n) is 5.76. The lowest BCUT2D eigenvalue weighted by Gasteiger charge is -2.23. The average Bonchev–Trinajstić information content (AvgIpc) is 2.67. The number of hydrogen-bond donors (Lipinski definition) is 1. The first-order valence-corrected chi connectivity index (χ1v) is 7.66. The molecule has 19 heavy (non-hydrogen) atoms. The number of nitrogens with zero attached hydrogens (tertiary/aromatic N) is 2. The van der Waals surface area contributed by atoms with Crippen molar-refractivity contribution in [2.75, 3.05) is 18.0 Å². The van der Waals surface area contributed by atoms with Crippen molar-refractivity contribution in [1.82, 2.24) is 4.98 Å². The number of hydrogen-bond acceptors (Lipinski definition) is 3. The van der Waals surface area contributed by atoms with Crippen LogP contribution in [0.1, 0.15) is 50.2 Å². The molecular weight excluding hydrogens is 234 g/mol. The van der Waals surface area contributed by atoms with Crippen LogP contribution in [0.4, 0.5) is 5.82 Å². The van der Waals surface area contributed by atoms with Crippen molar-refractivity contribution in [1.29, 1.82) is 0 Å². The van der Waals surface area contributed by atoms with Crippen LogP contribution in [0.25, 0.3) is 0 Å². The number of pyridine rings is 1. The Hall–Kier alpha value is -1.09. The molecule has 3 heteroatoms. The zero-order chi connectivity index (χ0) is 13.7. The highest BCUT2D eigenvalue weighted by Gasteiger charge is 2.14. The topological polar surface area (TPSA) is 42.1 Å². The first-order chi connectivity index (χ1) is 9.20. The predicted octanol–water partition coefficient (Wildman–Crippen LogP) is 3.05. The zero-order valence-corrected chi connectivity index (χ0v) is 12.4. The van der Waals surface area contributed by atoms with E-state index in [0.717, 1.165) is 25.9 Å². The van der Waals surface area contributed by atoms with Crippen LogP contribution in [0.3, 0.4) is 0 Å². The van der Waals surface area contributed by atoms with Crippen LogP contribution >= 0.6 is 0 Å². The summed E-state index contributed by atoms with van der Waals surface area (Å²) in [5, 5.41) is 0. The quantitative estimate of drug-likeness (QED) is 0.906. The maximum absolute atomic E-state index is 6.02. The minimum Gasteiger partial charge on any atom is -0.356 e. The lowest BCUT2D eigenvalue weighted by Crippen LogP contribution is -2.26. The monoisotopic (exact) mass is 261 g/mol. The zero-order valence-electron chi connectivity index (χ0n) is 12.4. The van der Waals surface area contributed by atoms with Gasteiger partial charge in [0.2, 0.25) is 0 Å². The second-order valence-corrected chi connectivity index (χ2v) is 5.76. The van der Waals surface area contributed by atoms with Crippen LogP contribution in [-0.4, -0.2) is 24.1 Å². The number of aryl methyl sites for hydroxylation is 1.